The lowest BCUT2D eigenvalue weighted by atomic mass is 9.91. The van der Waals surface area contributed by atoms with E-state index >= 15 is 0 Å². The van der Waals surface area contributed by atoms with Gasteiger partial charge < -0.3 is 19.5 Å². The van der Waals surface area contributed by atoms with E-state index in [1.165, 1.54) is 5.98 Å². The number of benzene rings is 1. The van der Waals surface area contributed by atoms with Gasteiger partial charge in [-0.05, 0) is 17.7 Å². The first-order valence-electron chi connectivity index (χ1n) is 4.43. The maximum absolute atomic E-state index is 8.65. The summed E-state index contributed by atoms with van der Waals surface area (Å²) in [5.74, 6) is 2.51. The van der Waals surface area contributed by atoms with Crippen LogP contribution in [0.15, 0.2) is 24.2 Å². The summed E-state index contributed by atoms with van der Waals surface area (Å²) in [5, 5.41) is 17.3. The van der Waals surface area contributed by atoms with Gasteiger partial charge in [0.15, 0.2) is 11.5 Å². The third-order valence-electron chi connectivity index (χ3n) is 1.87. The van der Waals surface area contributed by atoms with Gasteiger partial charge in [-0.1, -0.05) is 18.1 Å². The lowest BCUT2D eigenvalue weighted by Gasteiger charge is -2.07. The van der Waals surface area contributed by atoms with E-state index in [1.54, 1.807) is 38.5 Å². The van der Waals surface area contributed by atoms with Crippen molar-refractivity contribution in [2.24, 2.45) is 0 Å². The van der Waals surface area contributed by atoms with Crippen LogP contribution in [0.2, 0.25) is 0 Å². The first kappa shape index (κ1) is 11.6. The summed E-state index contributed by atoms with van der Waals surface area (Å²) < 4.78 is 10.2. The summed E-state index contributed by atoms with van der Waals surface area (Å²) in [6.07, 6.45) is 1.59. The van der Waals surface area contributed by atoms with E-state index < -0.39 is 7.12 Å². The smallest absolute Gasteiger partial charge is 0.480 e. The Labute approximate surface area is 88.9 Å². The fraction of sp³-hybridized carbons (Fsp3) is 0.200. The highest BCUT2D eigenvalue weighted by Crippen LogP contribution is 2.27. The predicted molar refractivity (Wildman–Crippen MR) is 58.8 cm³/mol. The molecule has 0 heterocycles. The largest absolute Gasteiger partial charge is 0.493 e. The maximum atomic E-state index is 8.65. The predicted octanol–water partition coefficient (Wildman–Crippen LogP) is 0.729. The number of rotatable bonds is 4. The van der Waals surface area contributed by atoms with Crippen LogP contribution in [0.25, 0.3) is 6.08 Å². The number of hydrogen-bond acceptors (Lipinski definition) is 4. The van der Waals surface area contributed by atoms with Gasteiger partial charge in [0.25, 0.3) is 0 Å². The van der Waals surface area contributed by atoms with Gasteiger partial charge in [0, 0.05) is 0 Å². The molecule has 0 fully saturated rings. The number of ether oxygens (including phenoxy) is 2. The van der Waals surface area contributed by atoms with Crippen LogP contribution in [-0.2, 0) is 0 Å². The second-order valence-electron chi connectivity index (χ2n) is 2.89. The SMILES string of the molecule is COc1ccc(C=CB(O)O)cc1OC. The van der Waals surface area contributed by atoms with E-state index in [-0.39, 0.29) is 0 Å². The lowest BCUT2D eigenvalue weighted by Crippen LogP contribution is -2.05. The molecule has 0 atom stereocenters. The van der Waals surface area contributed by atoms with Gasteiger partial charge in [0.1, 0.15) is 0 Å². The summed E-state index contributed by atoms with van der Waals surface area (Å²) in [4.78, 5) is 0. The molecular weight excluding hydrogens is 195 g/mol. The van der Waals surface area contributed by atoms with Crippen LogP contribution in [0.5, 0.6) is 11.5 Å². The van der Waals surface area contributed by atoms with Gasteiger partial charge in [-0.2, -0.15) is 0 Å². The van der Waals surface area contributed by atoms with Gasteiger partial charge >= 0.3 is 7.12 Å². The Morgan fingerprint density at radius 1 is 1.13 bits per heavy atom. The number of methoxy groups -OCH3 is 2. The molecular formula is C10H13BO4. The second kappa shape index (κ2) is 5.43. The first-order chi connectivity index (χ1) is 7.17. The Balaban J connectivity index is 2.93. The molecule has 0 aliphatic carbocycles. The lowest BCUT2D eigenvalue weighted by molar-refractivity contribution is 0.355. The summed E-state index contributed by atoms with van der Waals surface area (Å²) in [7, 11) is 1.66. The molecule has 0 aliphatic rings. The molecule has 0 bridgehead atoms. The van der Waals surface area contributed by atoms with Crippen molar-refractivity contribution >= 4 is 13.2 Å². The van der Waals surface area contributed by atoms with Crippen LogP contribution in [-0.4, -0.2) is 31.4 Å². The molecule has 0 unspecified atom stereocenters. The van der Waals surface area contributed by atoms with Crippen molar-refractivity contribution in [3.8, 4) is 11.5 Å². The second-order valence-corrected chi connectivity index (χ2v) is 2.89. The fourth-order valence-electron chi connectivity index (χ4n) is 1.15. The topological polar surface area (TPSA) is 58.9 Å². The van der Waals surface area contributed by atoms with Crippen molar-refractivity contribution in [3.05, 3.63) is 29.7 Å². The molecule has 0 aliphatic heterocycles. The van der Waals surface area contributed by atoms with E-state index in [0.717, 1.165) is 5.56 Å². The molecule has 80 valence electrons. The van der Waals surface area contributed by atoms with Crippen molar-refractivity contribution in [2.45, 2.75) is 0 Å². The van der Waals surface area contributed by atoms with Crippen LogP contribution >= 0.6 is 0 Å². The van der Waals surface area contributed by atoms with Gasteiger partial charge in [0.05, 0.1) is 14.2 Å². The van der Waals surface area contributed by atoms with E-state index in [1.807, 2.05) is 0 Å². The molecule has 15 heavy (non-hydrogen) atoms. The van der Waals surface area contributed by atoms with E-state index in [2.05, 4.69) is 0 Å². The van der Waals surface area contributed by atoms with Crippen LogP contribution in [0.4, 0.5) is 0 Å². The highest BCUT2D eigenvalue weighted by Gasteiger charge is 2.03. The van der Waals surface area contributed by atoms with E-state index in [0.29, 0.717) is 11.5 Å². The van der Waals surface area contributed by atoms with E-state index in [4.69, 9.17) is 19.5 Å². The third kappa shape index (κ3) is 3.30. The third-order valence-corrected chi connectivity index (χ3v) is 1.87. The molecule has 0 amide bonds. The van der Waals surface area contributed by atoms with Crippen LogP contribution in [0.3, 0.4) is 0 Å². The van der Waals surface area contributed by atoms with Crippen molar-refractivity contribution in [2.75, 3.05) is 14.2 Å². The molecule has 1 rings (SSSR count). The molecule has 0 aromatic heterocycles. The molecule has 0 radical (unpaired) electrons. The van der Waals surface area contributed by atoms with Crippen LogP contribution < -0.4 is 9.47 Å². The quantitative estimate of drug-likeness (QED) is 0.716. The highest BCUT2D eigenvalue weighted by molar-refractivity contribution is 6.48. The Hall–Kier alpha value is -1.46. The Kier molecular flexibility index (Phi) is 4.21. The first-order valence-corrected chi connectivity index (χ1v) is 4.43. The van der Waals surface area contributed by atoms with E-state index in [9.17, 15) is 0 Å². The van der Waals surface area contributed by atoms with Crippen molar-refractivity contribution < 1.29 is 19.5 Å². The minimum Gasteiger partial charge on any atom is -0.493 e. The number of hydrogen-bond donors (Lipinski definition) is 2. The van der Waals surface area contributed by atoms with Crippen molar-refractivity contribution in [1.29, 1.82) is 0 Å². The van der Waals surface area contributed by atoms with Crippen molar-refractivity contribution in [3.63, 3.8) is 0 Å². The standard InChI is InChI=1S/C10H13BO4/c1-14-9-4-3-8(5-6-11(12)13)7-10(9)15-2/h3-7,12-13H,1-2H3. The molecule has 0 spiro atoms. The minimum absolute atomic E-state index is 0.604. The van der Waals surface area contributed by atoms with Gasteiger partial charge in [-0.25, -0.2) is 0 Å². The summed E-state index contributed by atoms with van der Waals surface area (Å²) in [6, 6.07) is 5.29. The molecule has 0 saturated heterocycles. The molecule has 2 N–H and O–H groups in total. The maximum Gasteiger partial charge on any atom is 0.480 e. The summed E-state index contributed by atoms with van der Waals surface area (Å²) >= 11 is 0. The summed E-state index contributed by atoms with van der Waals surface area (Å²) in [6.45, 7) is 0. The monoisotopic (exact) mass is 208 g/mol. The molecule has 1 aromatic rings. The van der Waals surface area contributed by atoms with Crippen LogP contribution in [0, 0.1) is 0 Å². The van der Waals surface area contributed by atoms with Crippen molar-refractivity contribution in [1.82, 2.24) is 0 Å². The summed E-state index contributed by atoms with van der Waals surface area (Å²) in [5.41, 5.74) is 0.806. The fourth-order valence-corrected chi connectivity index (χ4v) is 1.15. The Morgan fingerprint density at radius 2 is 1.80 bits per heavy atom. The van der Waals surface area contributed by atoms with Gasteiger partial charge in [-0.3, -0.25) is 0 Å². The zero-order valence-electron chi connectivity index (χ0n) is 8.68. The molecule has 1 aromatic carbocycles. The molecule has 0 saturated carbocycles. The Morgan fingerprint density at radius 3 is 2.33 bits per heavy atom. The molecule has 4 nitrogen and oxygen atoms in total. The molecule has 5 heteroatoms. The van der Waals surface area contributed by atoms with Crippen LogP contribution in [0.1, 0.15) is 5.56 Å². The minimum atomic E-state index is -1.45. The average molecular weight is 208 g/mol. The van der Waals surface area contributed by atoms with Gasteiger partial charge in [-0.15, -0.1) is 0 Å². The highest BCUT2D eigenvalue weighted by atomic mass is 16.5. The van der Waals surface area contributed by atoms with Gasteiger partial charge in [0.2, 0.25) is 0 Å². The zero-order chi connectivity index (χ0) is 11.3. The average Bonchev–Trinajstić information content (AvgIpc) is 2.25. The Bertz CT molecular complexity index is 349. The zero-order valence-corrected chi connectivity index (χ0v) is 8.68. The normalized spacial score (nSPS) is 10.4.